The highest BCUT2D eigenvalue weighted by Gasteiger charge is 2.08. The Hall–Kier alpha value is -2.68. The molecular weight excluding hydrogens is 288 g/mol. The van der Waals surface area contributed by atoms with Crippen molar-refractivity contribution in [2.45, 2.75) is 20.3 Å². The molecule has 0 fully saturated rings. The number of rotatable bonds is 5. The number of hydrogen-bond acceptors (Lipinski definition) is 3. The first-order valence-electron chi connectivity index (χ1n) is 7.50. The smallest absolute Gasteiger partial charge is 0.161 e. The first kappa shape index (κ1) is 16.7. The van der Waals surface area contributed by atoms with Crippen LogP contribution in [0.2, 0.25) is 0 Å². The van der Waals surface area contributed by atoms with E-state index in [9.17, 15) is 10.2 Å². The maximum absolute atomic E-state index is 10.2. The molecule has 0 unspecified atom stereocenters. The Balaban J connectivity index is 2.32. The van der Waals surface area contributed by atoms with Crippen molar-refractivity contribution in [3.8, 4) is 17.2 Å². The second-order valence-electron chi connectivity index (χ2n) is 5.64. The van der Waals surface area contributed by atoms with Crippen LogP contribution in [-0.2, 0) is 6.42 Å². The molecule has 3 nitrogen and oxygen atoms in total. The lowest BCUT2D eigenvalue weighted by Gasteiger charge is -2.10. The minimum Gasteiger partial charge on any atom is -0.508 e. The third-order valence-corrected chi connectivity index (χ3v) is 3.49. The highest BCUT2D eigenvalue weighted by atomic mass is 16.5. The molecule has 2 aromatic carbocycles. The van der Waals surface area contributed by atoms with E-state index >= 15 is 0 Å². The van der Waals surface area contributed by atoms with Crippen LogP contribution in [0.1, 0.15) is 30.5 Å². The van der Waals surface area contributed by atoms with Gasteiger partial charge in [0.2, 0.25) is 0 Å². The number of allylic oxidation sites excluding steroid dienone is 2. The first-order valence-corrected chi connectivity index (χ1v) is 7.50. The summed E-state index contributed by atoms with van der Waals surface area (Å²) >= 11 is 0. The summed E-state index contributed by atoms with van der Waals surface area (Å²) in [5.74, 6) is 0.902. The molecule has 0 aromatic heterocycles. The van der Waals surface area contributed by atoms with Crippen LogP contribution in [0.3, 0.4) is 0 Å². The third kappa shape index (κ3) is 4.65. The molecule has 0 aliphatic rings. The standard InChI is InChI=1S/C20H22O3/c1-14(2)4-9-17-12-16(13-19(23-3)20(17)22)6-5-15-7-10-18(21)11-8-15/h4-8,10-13,21-22H,9H2,1-3H3/b6-5+. The fourth-order valence-electron chi connectivity index (χ4n) is 2.19. The fraction of sp³-hybridized carbons (Fsp3) is 0.200. The van der Waals surface area contributed by atoms with E-state index in [-0.39, 0.29) is 11.5 Å². The van der Waals surface area contributed by atoms with Crippen molar-refractivity contribution >= 4 is 12.2 Å². The van der Waals surface area contributed by atoms with Crippen LogP contribution in [0.5, 0.6) is 17.2 Å². The molecule has 0 bridgehead atoms. The second kappa shape index (κ2) is 7.54. The molecule has 0 radical (unpaired) electrons. The van der Waals surface area contributed by atoms with Gasteiger partial charge in [0.15, 0.2) is 11.5 Å². The van der Waals surface area contributed by atoms with Crippen LogP contribution in [0.4, 0.5) is 0 Å². The number of phenolic OH excluding ortho intramolecular Hbond substituents is 2. The van der Waals surface area contributed by atoms with Crippen LogP contribution in [0.25, 0.3) is 12.2 Å². The first-order chi connectivity index (χ1) is 11.0. The zero-order valence-electron chi connectivity index (χ0n) is 13.7. The largest absolute Gasteiger partial charge is 0.508 e. The predicted molar refractivity (Wildman–Crippen MR) is 94.8 cm³/mol. The molecule has 120 valence electrons. The zero-order valence-corrected chi connectivity index (χ0v) is 13.7. The Morgan fingerprint density at radius 2 is 1.65 bits per heavy atom. The summed E-state index contributed by atoms with van der Waals surface area (Å²) in [6, 6.07) is 10.7. The van der Waals surface area contributed by atoms with E-state index in [0.29, 0.717) is 12.2 Å². The normalized spacial score (nSPS) is 10.7. The summed E-state index contributed by atoms with van der Waals surface area (Å²) < 4.78 is 5.26. The van der Waals surface area contributed by atoms with Gasteiger partial charge in [0, 0.05) is 5.56 Å². The van der Waals surface area contributed by atoms with Crippen molar-refractivity contribution in [1.82, 2.24) is 0 Å². The van der Waals surface area contributed by atoms with Crippen molar-refractivity contribution in [3.05, 3.63) is 64.7 Å². The van der Waals surface area contributed by atoms with E-state index < -0.39 is 0 Å². The number of benzene rings is 2. The maximum atomic E-state index is 10.2. The minimum atomic E-state index is 0.187. The van der Waals surface area contributed by atoms with E-state index in [4.69, 9.17) is 4.74 Å². The van der Waals surface area contributed by atoms with Gasteiger partial charge in [0.25, 0.3) is 0 Å². The van der Waals surface area contributed by atoms with Crippen molar-refractivity contribution in [2.24, 2.45) is 0 Å². The minimum absolute atomic E-state index is 0.187. The topological polar surface area (TPSA) is 49.7 Å². The highest BCUT2D eigenvalue weighted by molar-refractivity contribution is 5.72. The van der Waals surface area contributed by atoms with Gasteiger partial charge in [0.05, 0.1) is 7.11 Å². The molecule has 0 atom stereocenters. The summed E-state index contributed by atoms with van der Waals surface area (Å²) in [7, 11) is 1.55. The lowest BCUT2D eigenvalue weighted by atomic mass is 10.0. The molecule has 2 rings (SSSR count). The number of methoxy groups -OCH3 is 1. The Labute approximate surface area is 137 Å². The summed E-state index contributed by atoms with van der Waals surface area (Å²) in [5.41, 5.74) is 3.97. The Bertz CT molecular complexity index is 721. The molecule has 0 spiro atoms. The summed E-state index contributed by atoms with van der Waals surface area (Å²) in [6.45, 7) is 4.06. The van der Waals surface area contributed by atoms with Gasteiger partial charge >= 0.3 is 0 Å². The molecule has 0 saturated heterocycles. The molecule has 0 aliphatic carbocycles. The summed E-state index contributed by atoms with van der Waals surface area (Å²) in [5, 5.41) is 19.5. The maximum Gasteiger partial charge on any atom is 0.161 e. The Morgan fingerprint density at radius 3 is 2.26 bits per heavy atom. The number of hydrogen-bond donors (Lipinski definition) is 2. The SMILES string of the molecule is COc1cc(/C=C/c2ccc(O)cc2)cc(CC=C(C)C)c1O. The number of aromatic hydroxyl groups is 2. The highest BCUT2D eigenvalue weighted by Crippen LogP contribution is 2.33. The van der Waals surface area contributed by atoms with Crippen molar-refractivity contribution in [3.63, 3.8) is 0 Å². The van der Waals surface area contributed by atoms with Crippen molar-refractivity contribution in [2.75, 3.05) is 7.11 Å². The Morgan fingerprint density at radius 1 is 1.00 bits per heavy atom. The second-order valence-corrected chi connectivity index (χ2v) is 5.64. The van der Waals surface area contributed by atoms with Gasteiger partial charge in [-0.1, -0.05) is 35.9 Å². The average molecular weight is 310 g/mol. The molecule has 2 N–H and O–H groups in total. The lowest BCUT2D eigenvalue weighted by Crippen LogP contribution is -1.91. The van der Waals surface area contributed by atoms with E-state index in [1.54, 1.807) is 25.3 Å². The van der Waals surface area contributed by atoms with Gasteiger partial charge in [-0.05, 0) is 55.7 Å². The van der Waals surface area contributed by atoms with Gasteiger partial charge < -0.3 is 14.9 Å². The third-order valence-electron chi connectivity index (χ3n) is 3.49. The molecule has 0 amide bonds. The fourth-order valence-corrected chi connectivity index (χ4v) is 2.19. The molecule has 0 saturated carbocycles. The van der Waals surface area contributed by atoms with Crippen LogP contribution in [0, 0.1) is 0 Å². The molecular formula is C20H22O3. The quantitative estimate of drug-likeness (QED) is 0.617. The Kier molecular flexibility index (Phi) is 5.47. The van der Waals surface area contributed by atoms with E-state index in [1.807, 2.05) is 44.2 Å². The summed E-state index contributed by atoms with van der Waals surface area (Å²) in [4.78, 5) is 0. The van der Waals surface area contributed by atoms with Gasteiger partial charge in [-0.3, -0.25) is 0 Å². The van der Waals surface area contributed by atoms with Crippen LogP contribution in [-0.4, -0.2) is 17.3 Å². The molecule has 3 heteroatoms. The monoisotopic (exact) mass is 310 g/mol. The van der Waals surface area contributed by atoms with E-state index in [0.717, 1.165) is 16.7 Å². The predicted octanol–water partition coefficient (Wildman–Crippen LogP) is 4.79. The summed E-state index contributed by atoms with van der Waals surface area (Å²) in [6.07, 6.45) is 6.64. The van der Waals surface area contributed by atoms with Crippen LogP contribution in [0.15, 0.2) is 48.0 Å². The van der Waals surface area contributed by atoms with Crippen molar-refractivity contribution in [1.29, 1.82) is 0 Å². The lowest BCUT2D eigenvalue weighted by molar-refractivity contribution is 0.371. The van der Waals surface area contributed by atoms with Gasteiger partial charge in [-0.25, -0.2) is 0 Å². The van der Waals surface area contributed by atoms with Gasteiger partial charge in [-0.2, -0.15) is 0 Å². The average Bonchev–Trinajstić information content (AvgIpc) is 2.54. The van der Waals surface area contributed by atoms with E-state index in [2.05, 4.69) is 6.08 Å². The zero-order chi connectivity index (χ0) is 16.8. The molecule has 2 aromatic rings. The van der Waals surface area contributed by atoms with Crippen molar-refractivity contribution < 1.29 is 14.9 Å². The van der Waals surface area contributed by atoms with Crippen LogP contribution < -0.4 is 4.74 Å². The molecule has 0 heterocycles. The molecule has 0 aliphatic heterocycles. The van der Waals surface area contributed by atoms with Gasteiger partial charge in [-0.15, -0.1) is 0 Å². The number of ether oxygens (including phenoxy) is 1. The molecule has 23 heavy (non-hydrogen) atoms. The van der Waals surface area contributed by atoms with Crippen LogP contribution >= 0.6 is 0 Å². The number of phenols is 2. The van der Waals surface area contributed by atoms with E-state index in [1.165, 1.54) is 5.57 Å². The van der Waals surface area contributed by atoms with Gasteiger partial charge in [0.1, 0.15) is 5.75 Å².